The highest BCUT2D eigenvalue weighted by Gasteiger charge is 2.22. The lowest BCUT2D eigenvalue weighted by Crippen LogP contribution is -2.30. The van der Waals surface area contributed by atoms with Gasteiger partial charge in [-0.3, -0.25) is 4.79 Å². The van der Waals surface area contributed by atoms with Crippen LogP contribution in [0.25, 0.3) is 0 Å². The van der Waals surface area contributed by atoms with Crippen LogP contribution in [-0.4, -0.2) is 22.7 Å². The maximum atomic E-state index is 12.8. The third kappa shape index (κ3) is 6.10. The van der Waals surface area contributed by atoms with Gasteiger partial charge in [-0.15, -0.1) is 0 Å². The first-order valence-corrected chi connectivity index (χ1v) is 9.47. The van der Waals surface area contributed by atoms with Gasteiger partial charge < -0.3 is 15.5 Å². The molecule has 2 rings (SSSR count). The van der Waals surface area contributed by atoms with Crippen molar-refractivity contribution in [3.8, 4) is 11.5 Å². The lowest BCUT2D eigenvalue weighted by atomic mass is 9.90. The van der Waals surface area contributed by atoms with E-state index in [1.54, 1.807) is 48.5 Å². The number of phenolic OH excluding ortho intramolecular Hbond substituents is 2. The zero-order valence-corrected chi connectivity index (χ0v) is 15.4. The molecule has 2 aromatic rings. The highest BCUT2D eigenvalue weighted by atomic mass is 16.3. The lowest BCUT2D eigenvalue weighted by Gasteiger charge is -2.18. The molecule has 0 heterocycles. The van der Waals surface area contributed by atoms with Crippen molar-refractivity contribution < 1.29 is 15.0 Å². The molecule has 0 aliphatic rings. The number of hydrogen-bond acceptors (Lipinski definition) is 3. The first kappa shape index (κ1) is 19.8. The molecule has 26 heavy (non-hydrogen) atoms. The predicted molar refractivity (Wildman–Crippen MR) is 104 cm³/mol. The molecule has 0 aromatic heterocycles. The van der Waals surface area contributed by atoms with E-state index in [4.69, 9.17) is 0 Å². The second-order valence-electron chi connectivity index (χ2n) is 6.67. The van der Waals surface area contributed by atoms with Crippen molar-refractivity contribution in [3.63, 3.8) is 0 Å². The van der Waals surface area contributed by atoms with Crippen LogP contribution in [0.3, 0.4) is 0 Å². The summed E-state index contributed by atoms with van der Waals surface area (Å²) in [6.45, 7) is 2.87. The number of hydrogen-bond donors (Lipinski definition) is 3. The third-order valence-electron chi connectivity index (χ3n) is 4.54. The summed E-state index contributed by atoms with van der Waals surface area (Å²) in [6.07, 6.45) is 7.08. The predicted octanol–water partition coefficient (Wildman–Crippen LogP) is 4.71. The minimum absolute atomic E-state index is 0.0602. The Kier molecular flexibility index (Phi) is 8.00. The van der Waals surface area contributed by atoms with Gasteiger partial charge in [-0.25, -0.2) is 0 Å². The number of carbonyl (C=O) groups excluding carboxylic acids is 1. The zero-order chi connectivity index (χ0) is 18.8. The van der Waals surface area contributed by atoms with Crippen LogP contribution in [0, 0.1) is 0 Å². The number of carbonyl (C=O) groups is 1. The highest BCUT2D eigenvalue weighted by Crippen LogP contribution is 2.27. The Morgan fingerprint density at radius 1 is 0.808 bits per heavy atom. The zero-order valence-electron chi connectivity index (χ0n) is 15.4. The Labute approximate surface area is 155 Å². The number of rotatable bonds is 10. The molecular weight excluding hydrogens is 326 g/mol. The fourth-order valence-corrected chi connectivity index (χ4v) is 3.05. The van der Waals surface area contributed by atoms with Crippen molar-refractivity contribution in [2.24, 2.45) is 0 Å². The largest absolute Gasteiger partial charge is 0.508 e. The molecular formula is C22H29NO3. The Bertz CT molecular complexity index is 619. The van der Waals surface area contributed by atoms with Crippen LogP contribution in [-0.2, 0) is 4.79 Å². The average molecular weight is 355 g/mol. The number of unbranched alkanes of at least 4 members (excludes halogenated alkanes) is 5. The van der Waals surface area contributed by atoms with Crippen LogP contribution in [0.15, 0.2) is 48.5 Å². The van der Waals surface area contributed by atoms with Gasteiger partial charge in [-0.2, -0.15) is 0 Å². The fraction of sp³-hybridized carbons (Fsp3) is 0.409. The summed E-state index contributed by atoms with van der Waals surface area (Å²) < 4.78 is 0. The van der Waals surface area contributed by atoms with Crippen molar-refractivity contribution in [1.29, 1.82) is 0 Å². The van der Waals surface area contributed by atoms with E-state index in [-0.39, 0.29) is 17.4 Å². The van der Waals surface area contributed by atoms with Crippen molar-refractivity contribution in [1.82, 2.24) is 5.32 Å². The second kappa shape index (κ2) is 10.5. The van der Waals surface area contributed by atoms with Crippen LogP contribution in [0.5, 0.6) is 11.5 Å². The van der Waals surface area contributed by atoms with Gasteiger partial charge in [0, 0.05) is 6.54 Å². The SMILES string of the molecule is CCCCCCCCNC(=O)C(c1ccc(O)cc1)c1ccc(O)cc1. The Balaban J connectivity index is 2.00. The van der Waals surface area contributed by atoms with E-state index < -0.39 is 5.92 Å². The molecule has 140 valence electrons. The van der Waals surface area contributed by atoms with Crippen LogP contribution in [0.4, 0.5) is 0 Å². The number of aromatic hydroxyl groups is 2. The number of phenols is 2. The van der Waals surface area contributed by atoms with Gasteiger partial charge in [0.1, 0.15) is 11.5 Å². The van der Waals surface area contributed by atoms with E-state index in [9.17, 15) is 15.0 Å². The van der Waals surface area contributed by atoms with E-state index in [0.717, 1.165) is 24.0 Å². The topological polar surface area (TPSA) is 69.6 Å². The average Bonchev–Trinajstić information content (AvgIpc) is 2.64. The number of nitrogens with one attached hydrogen (secondary N) is 1. The van der Waals surface area contributed by atoms with Crippen LogP contribution < -0.4 is 5.32 Å². The number of benzene rings is 2. The van der Waals surface area contributed by atoms with Gasteiger partial charge in [0.25, 0.3) is 0 Å². The van der Waals surface area contributed by atoms with Crippen LogP contribution in [0.1, 0.15) is 62.5 Å². The Morgan fingerprint density at radius 3 is 1.77 bits per heavy atom. The summed E-state index contributed by atoms with van der Waals surface area (Å²) in [5.41, 5.74) is 1.63. The molecule has 0 unspecified atom stereocenters. The van der Waals surface area contributed by atoms with Crippen molar-refractivity contribution in [2.75, 3.05) is 6.54 Å². The van der Waals surface area contributed by atoms with Gasteiger partial charge in [0.2, 0.25) is 5.91 Å². The van der Waals surface area contributed by atoms with Crippen molar-refractivity contribution in [2.45, 2.75) is 51.4 Å². The monoisotopic (exact) mass is 355 g/mol. The molecule has 0 radical (unpaired) electrons. The van der Waals surface area contributed by atoms with Gasteiger partial charge in [0.15, 0.2) is 0 Å². The van der Waals surface area contributed by atoms with E-state index in [1.165, 1.54) is 25.7 Å². The Morgan fingerprint density at radius 2 is 1.27 bits per heavy atom. The molecule has 4 heteroatoms. The fourth-order valence-electron chi connectivity index (χ4n) is 3.05. The van der Waals surface area contributed by atoms with Gasteiger partial charge in [-0.1, -0.05) is 63.3 Å². The molecule has 0 aliphatic heterocycles. The summed E-state index contributed by atoms with van der Waals surface area (Å²) in [4.78, 5) is 12.8. The first-order chi connectivity index (χ1) is 12.6. The quantitative estimate of drug-likeness (QED) is 0.541. The van der Waals surface area contributed by atoms with E-state index in [0.29, 0.717) is 6.54 Å². The molecule has 0 atom stereocenters. The standard InChI is InChI=1S/C22H29NO3/c1-2-3-4-5-6-7-16-23-22(26)21(17-8-12-19(24)13-9-17)18-10-14-20(25)15-11-18/h8-15,21,24-25H,2-7,16H2,1H3,(H,23,26). The lowest BCUT2D eigenvalue weighted by molar-refractivity contribution is -0.121. The minimum atomic E-state index is -0.462. The third-order valence-corrected chi connectivity index (χ3v) is 4.54. The summed E-state index contributed by atoms with van der Waals surface area (Å²) in [6, 6.07) is 13.4. The van der Waals surface area contributed by atoms with Crippen molar-refractivity contribution in [3.05, 3.63) is 59.7 Å². The maximum Gasteiger partial charge on any atom is 0.232 e. The van der Waals surface area contributed by atoms with Crippen molar-refractivity contribution >= 4 is 5.91 Å². The van der Waals surface area contributed by atoms with Gasteiger partial charge in [-0.05, 0) is 41.8 Å². The summed E-state index contributed by atoms with van der Waals surface area (Å²) in [5, 5.41) is 22.1. The summed E-state index contributed by atoms with van der Waals surface area (Å²) in [5.74, 6) is -0.178. The molecule has 0 fully saturated rings. The molecule has 0 spiro atoms. The molecule has 2 aromatic carbocycles. The summed E-state index contributed by atoms with van der Waals surface area (Å²) in [7, 11) is 0. The highest BCUT2D eigenvalue weighted by molar-refractivity contribution is 5.87. The van der Waals surface area contributed by atoms with Crippen LogP contribution in [0.2, 0.25) is 0 Å². The second-order valence-corrected chi connectivity index (χ2v) is 6.67. The maximum absolute atomic E-state index is 12.8. The molecule has 1 amide bonds. The van der Waals surface area contributed by atoms with E-state index >= 15 is 0 Å². The smallest absolute Gasteiger partial charge is 0.232 e. The normalized spacial score (nSPS) is 10.8. The van der Waals surface area contributed by atoms with Gasteiger partial charge >= 0.3 is 0 Å². The molecule has 0 aliphatic carbocycles. The first-order valence-electron chi connectivity index (χ1n) is 9.47. The number of amides is 1. The minimum Gasteiger partial charge on any atom is -0.508 e. The molecule has 0 bridgehead atoms. The molecule has 4 nitrogen and oxygen atoms in total. The van der Waals surface area contributed by atoms with Gasteiger partial charge in [0.05, 0.1) is 5.92 Å². The van der Waals surface area contributed by atoms with Crippen LogP contribution >= 0.6 is 0 Å². The van der Waals surface area contributed by atoms with E-state index in [2.05, 4.69) is 12.2 Å². The molecule has 3 N–H and O–H groups in total. The molecule has 0 saturated carbocycles. The molecule has 0 saturated heterocycles. The van der Waals surface area contributed by atoms with E-state index in [1.807, 2.05) is 0 Å². The summed E-state index contributed by atoms with van der Waals surface area (Å²) >= 11 is 0. The Hall–Kier alpha value is -2.49.